The molecule has 3 fully saturated rings. The summed E-state index contributed by atoms with van der Waals surface area (Å²) in [5, 5.41) is 0.906. The van der Waals surface area contributed by atoms with Gasteiger partial charge < -0.3 is 4.74 Å². The van der Waals surface area contributed by atoms with Gasteiger partial charge in [0.2, 0.25) is 0 Å². The Morgan fingerprint density at radius 2 is 1.69 bits per heavy atom. The monoisotopic (exact) mass is 570 g/mol. The summed E-state index contributed by atoms with van der Waals surface area (Å²) < 4.78 is 19.9. The lowest BCUT2D eigenvalue weighted by Crippen LogP contribution is -2.41. The van der Waals surface area contributed by atoms with E-state index < -0.39 is 0 Å². The highest BCUT2D eigenvalue weighted by atomic mass is 79.9. The lowest BCUT2D eigenvalue weighted by Gasteiger charge is -2.31. The van der Waals surface area contributed by atoms with Gasteiger partial charge in [-0.2, -0.15) is 0 Å². The maximum Gasteiger partial charge on any atom is 0.266 e. The Labute approximate surface area is 225 Å². The number of ether oxygens (including phenoxy) is 1. The predicted molar refractivity (Wildman–Crippen MR) is 148 cm³/mol. The van der Waals surface area contributed by atoms with Crippen molar-refractivity contribution in [3.8, 4) is 5.75 Å². The summed E-state index contributed by atoms with van der Waals surface area (Å²) in [7, 11) is 0. The number of hydrogen-bond donors (Lipinski definition) is 0. The SMILES string of the molecule is O=C1C(=Cc2ccc(OCc3ccc(F)cc3)c(Br)c2)SC(=NC2CCCCC2)N1C1CCCCC1. The first-order chi connectivity index (χ1) is 17.6. The maximum atomic E-state index is 13.6. The number of amides is 1. The molecule has 0 N–H and O–H groups in total. The molecule has 1 saturated heterocycles. The number of aliphatic imine (C=N–C) groups is 1. The van der Waals surface area contributed by atoms with E-state index in [0.717, 1.165) is 51.4 Å². The summed E-state index contributed by atoms with van der Waals surface area (Å²) in [6, 6.07) is 12.7. The molecule has 2 aromatic rings. The summed E-state index contributed by atoms with van der Waals surface area (Å²) in [6.07, 6.45) is 13.7. The largest absolute Gasteiger partial charge is 0.488 e. The molecule has 2 saturated carbocycles. The second kappa shape index (κ2) is 12.0. The zero-order valence-corrected chi connectivity index (χ0v) is 22.8. The van der Waals surface area contributed by atoms with Crippen LogP contribution in [0.2, 0.25) is 0 Å². The van der Waals surface area contributed by atoms with Gasteiger partial charge in [0.1, 0.15) is 18.2 Å². The molecule has 2 aromatic carbocycles. The zero-order chi connectivity index (χ0) is 24.9. The van der Waals surface area contributed by atoms with Crippen molar-refractivity contribution >= 4 is 44.8 Å². The molecule has 5 rings (SSSR count). The van der Waals surface area contributed by atoms with Crippen LogP contribution < -0.4 is 4.74 Å². The minimum atomic E-state index is -0.259. The number of halogens is 2. The third kappa shape index (κ3) is 6.23. The molecular formula is C29H32BrFN2O2S. The van der Waals surface area contributed by atoms with Gasteiger partial charge in [-0.05, 0) is 94.8 Å². The van der Waals surface area contributed by atoms with Crippen molar-refractivity contribution in [2.45, 2.75) is 82.9 Å². The number of carbonyl (C=O) groups is 1. The van der Waals surface area contributed by atoms with E-state index in [-0.39, 0.29) is 17.8 Å². The summed E-state index contributed by atoms with van der Waals surface area (Å²) in [4.78, 5) is 21.5. The molecule has 0 aromatic heterocycles. The quantitative estimate of drug-likeness (QED) is 0.329. The number of carbonyl (C=O) groups excluding carboxylic acids is 1. The van der Waals surface area contributed by atoms with Crippen molar-refractivity contribution in [3.63, 3.8) is 0 Å². The number of rotatable bonds is 6. The highest BCUT2D eigenvalue weighted by Crippen LogP contribution is 2.39. The van der Waals surface area contributed by atoms with E-state index in [1.165, 1.54) is 62.4 Å². The van der Waals surface area contributed by atoms with Crippen molar-refractivity contribution in [3.05, 3.63) is 68.8 Å². The van der Waals surface area contributed by atoms with Gasteiger partial charge in [0, 0.05) is 6.04 Å². The van der Waals surface area contributed by atoms with Gasteiger partial charge in [0.15, 0.2) is 5.17 Å². The molecule has 3 aliphatic rings. The Morgan fingerprint density at radius 3 is 2.39 bits per heavy atom. The Hall–Kier alpha value is -2.12. The van der Waals surface area contributed by atoms with E-state index in [1.807, 2.05) is 29.2 Å². The topological polar surface area (TPSA) is 41.9 Å². The standard InChI is InChI=1S/C29H32BrFN2O2S/c30-25-17-21(13-16-26(25)35-19-20-11-14-22(31)15-12-20)18-27-28(34)33(24-9-5-2-6-10-24)29(36-27)32-23-7-3-1-4-8-23/h11-18,23-24H,1-10,19H2. The Balaban J connectivity index is 1.33. The number of nitrogens with zero attached hydrogens (tertiary/aromatic N) is 2. The molecule has 190 valence electrons. The molecule has 0 atom stereocenters. The van der Waals surface area contributed by atoms with Crippen LogP contribution in [0.4, 0.5) is 4.39 Å². The number of thioether (sulfide) groups is 1. The van der Waals surface area contributed by atoms with Crippen LogP contribution >= 0.6 is 27.7 Å². The highest BCUT2D eigenvalue weighted by molar-refractivity contribution is 9.10. The second-order valence-electron chi connectivity index (χ2n) is 9.89. The molecule has 0 spiro atoms. The zero-order valence-electron chi connectivity index (χ0n) is 20.4. The highest BCUT2D eigenvalue weighted by Gasteiger charge is 2.39. The van der Waals surface area contributed by atoms with E-state index in [9.17, 15) is 9.18 Å². The van der Waals surface area contributed by atoms with Crippen LogP contribution in [0.3, 0.4) is 0 Å². The van der Waals surface area contributed by atoms with Crippen LogP contribution in [0.5, 0.6) is 5.75 Å². The van der Waals surface area contributed by atoms with Crippen LogP contribution in [-0.4, -0.2) is 28.1 Å². The molecule has 4 nitrogen and oxygen atoms in total. The minimum absolute atomic E-state index is 0.0919. The van der Waals surface area contributed by atoms with Crippen LogP contribution in [0.1, 0.15) is 75.3 Å². The molecule has 2 aliphatic carbocycles. The van der Waals surface area contributed by atoms with E-state index in [0.29, 0.717) is 18.4 Å². The average molecular weight is 572 g/mol. The van der Waals surface area contributed by atoms with Crippen molar-refractivity contribution in [1.82, 2.24) is 4.90 Å². The smallest absolute Gasteiger partial charge is 0.266 e. The van der Waals surface area contributed by atoms with E-state index >= 15 is 0 Å². The maximum absolute atomic E-state index is 13.6. The normalized spacial score (nSPS) is 22.1. The molecule has 1 heterocycles. The Bertz CT molecular complexity index is 1140. The lowest BCUT2D eigenvalue weighted by molar-refractivity contribution is -0.124. The van der Waals surface area contributed by atoms with Crippen LogP contribution in [0.15, 0.2) is 56.8 Å². The third-order valence-electron chi connectivity index (χ3n) is 7.21. The Morgan fingerprint density at radius 1 is 1.00 bits per heavy atom. The number of benzene rings is 2. The van der Waals surface area contributed by atoms with Gasteiger partial charge in [0.25, 0.3) is 5.91 Å². The summed E-state index contributed by atoms with van der Waals surface area (Å²) in [5.41, 5.74) is 1.84. The second-order valence-corrected chi connectivity index (χ2v) is 11.7. The molecule has 7 heteroatoms. The molecule has 0 radical (unpaired) electrons. The van der Waals surface area contributed by atoms with Gasteiger partial charge in [-0.15, -0.1) is 0 Å². The molecule has 0 bridgehead atoms. The summed E-state index contributed by atoms with van der Waals surface area (Å²) in [5.74, 6) is 0.537. The van der Waals surface area contributed by atoms with Crippen molar-refractivity contribution < 1.29 is 13.9 Å². The molecular weight excluding hydrogens is 539 g/mol. The van der Waals surface area contributed by atoms with Gasteiger partial charge >= 0.3 is 0 Å². The minimum Gasteiger partial charge on any atom is -0.488 e. The number of hydrogen-bond acceptors (Lipinski definition) is 4. The van der Waals surface area contributed by atoms with Gasteiger partial charge in [-0.1, -0.05) is 56.7 Å². The summed E-state index contributed by atoms with van der Waals surface area (Å²) in [6.45, 7) is 0.352. The Kier molecular flexibility index (Phi) is 8.47. The first-order valence-electron chi connectivity index (χ1n) is 13.0. The predicted octanol–water partition coefficient (Wildman–Crippen LogP) is 8.10. The van der Waals surface area contributed by atoms with Gasteiger partial charge in [-0.3, -0.25) is 14.7 Å². The third-order valence-corrected chi connectivity index (χ3v) is 8.82. The fourth-order valence-electron chi connectivity index (χ4n) is 5.22. The van der Waals surface area contributed by atoms with Crippen molar-refractivity contribution in [2.24, 2.45) is 4.99 Å². The van der Waals surface area contributed by atoms with Gasteiger partial charge in [0.05, 0.1) is 15.4 Å². The lowest BCUT2D eigenvalue weighted by atomic mass is 9.94. The van der Waals surface area contributed by atoms with Crippen LogP contribution in [0, 0.1) is 5.82 Å². The van der Waals surface area contributed by atoms with E-state index in [2.05, 4.69) is 15.9 Å². The number of amidine groups is 1. The first-order valence-corrected chi connectivity index (χ1v) is 14.7. The van der Waals surface area contributed by atoms with Crippen LogP contribution in [-0.2, 0) is 11.4 Å². The van der Waals surface area contributed by atoms with Crippen LogP contribution in [0.25, 0.3) is 6.08 Å². The average Bonchev–Trinajstić information content (AvgIpc) is 3.19. The van der Waals surface area contributed by atoms with Crippen molar-refractivity contribution in [2.75, 3.05) is 0 Å². The van der Waals surface area contributed by atoms with Gasteiger partial charge in [-0.25, -0.2) is 4.39 Å². The first kappa shape index (κ1) is 25.5. The van der Waals surface area contributed by atoms with E-state index in [4.69, 9.17) is 9.73 Å². The fourth-order valence-corrected chi connectivity index (χ4v) is 6.84. The molecule has 1 aliphatic heterocycles. The fraction of sp³-hybridized carbons (Fsp3) is 0.448. The molecule has 36 heavy (non-hydrogen) atoms. The van der Waals surface area contributed by atoms with E-state index in [1.54, 1.807) is 12.1 Å². The molecule has 1 amide bonds. The summed E-state index contributed by atoms with van der Waals surface area (Å²) >= 11 is 5.15. The van der Waals surface area contributed by atoms with Crippen molar-refractivity contribution in [1.29, 1.82) is 0 Å². The molecule has 0 unspecified atom stereocenters.